The Morgan fingerprint density at radius 1 is 1.14 bits per heavy atom. The number of nitrogens with zero attached hydrogens (tertiary/aromatic N) is 2. The number of nitrogens with one attached hydrogen (secondary N) is 1. The number of carbonyl (C=O) groups is 1. The molecular formula is C20H24Cl2N4OS. The van der Waals surface area contributed by atoms with E-state index < -0.39 is 5.54 Å². The van der Waals surface area contributed by atoms with Crippen LogP contribution in [0.25, 0.3) is 11.3 Å². The molecule has 0 radical (unpaired) electrons. The molecule has 0 fully saturated rings. The minimum Gasteiger partial charge on any atom is -0.354 e. The smallest absolute Gasteiger partial charge is 0.244 e. The molecule has 1 amide bonds. The molecule has 0 bridgehead atoms. The van der Waals surface area contributed by atoms with Crippen molar-refractivity contribution in [2.75, 3.05) is 6.54 Å². The van der Waals surface area contributed by atoms with Gasteiger partial charge in [-0.3, -0.25) is 9.78 Å². The molecule has 0 aliphatic rings. The Hall–Kier alpha value is -1.99. The third-order valence-corrected chi connectivity index (χ3v) is 5.13. The number of halogens is 2. The number of pyridine rings is 1. The topological polar surface area (TPSA) is 80.9 Å². The van der Waals surface area contributed by atoms with E-state index in [0.717, 1.165) is 34.7 Å². The molecule has 150 valence electrons. The van der Waals surface area contributed by atoms with Crippen LogP contribution in [0.4, 0.5) is 0 Å². The molecule has 3 N–H and O–H groups in total. The van der Waals surface area contributed by atoms with Crippen LogP contribution < -0.4 is 11.1 Å². The lowest BCUT2D eigenvalue weighted by atomic mass is 9.92. The van der Waals surface area contributed by atoms with Gasteiger partial charge in [0.2, 0.25) is 5.91 Å². The Labute approximate surface area is 181 Å². The SMILES string of the molecule is CC(N)(C(=O)NCCCc1nc(-c2ccncc2)cs1)c1ccccc1.Cl.Cl. The molecule has 2 aromatic heterocycles. The predicted molar refractivity (Wildman–Crippen MR) is 119 cm³/mol. The molecule has 1 aromatic carbocycles. The van der Waals surface area contributed by atoms with Crippen molar-refractivity contribution in [3.63, 3.8) is 0 Å². The standard InChI is InChI=1S/C20H22N4OS.2ClH/c1-20(21,16-6-3-2-4-7-16)19(25)23-11-5-8-18-24-17(14-26-18)15-9-12-22-13-10-15;;/h2-4,6-7,9-10,12-14H,5,8,11,21H2,1H3,(H,23,25);2*1H. The first-order valence-electron chi connectivity index (χ1n) is 8.55. The van der Waals surface area contributed by atoms with E-state index in [1.54, 1.807) is 30.7 Å². The van der Waals surface area contributed by atoms with Gasteiger partial charge in [-0.1, -0.05) is 30.3 Å². The molecule has 0 aliphatic carbocycles. The molecule has 1 unspecified atom stereocenters. The van der Waals surface area contributed by atoms with Crippen LogP contribution in [0.15, 0.2) is 60.2 Å². The van der Waals surface area contributed by atoms with Gasteiger partial charge in [0.05, 0.1) is 10.7 Å². The lowest BCUT2D eigenvalue weighted by Gasteiger charge is -2.24. The van der Waals surface area contributed by atoms with Crippen LogP contribution in [-0.4, -0.2) is 22.4 Å². The Morgan fingerprint density at radius 2 is 1.82 bits per heavy atom. The minimum absolute atomic E-state index is 0. The third-order valence-electron chi connectivity index (χ3n) is 4.23. The number of aromatic nitrogens is 2. The summed E-state index contributed by atoms with van der Waals surface area (Å²) in [6, 6.07) is 13.3. The van der Waals surface area contributed by atoms with Gasteiger partial charge in [-0.05, 0) is 31.0 Å². The fourth-order valence-electron chi connectivity index (χ4n) is 2.62. The number of carbonyl (C=O) groups excluding carboxylic acids is 1. The van der Waals surface area contributed by atoms with Crippen molar-refractivity contribution in [3.8, 4) is 11.3 Å². The van der Waals surface area contributed by atoms with E-state index in [-0.39, 0.29) is 30.7 Å². The van der Waals surface area contributed by atoms with Crippen LogP contribution >= 0.6 is 36.2 Å². The maximum absolute atomic E-state index is 12.4. The van der Waals surface area contributed by atoms with E-state index in [1.807, 2.05) is 42.5 Å². The second-order valence-corrected chi connectivity index (χ2v) is 7.23. The quantitative estimate of drug-likeness (QED) is 0.546. The summed E-state index contributed by atoms with van der Waals surface area (Å²) < 4.78 is 0. The molecule has 0 spiro atoms. The lowest BCUT2D eigenvalue weighted by Crippen LogP contribution is -2.49. The van der Waals surface area contributed by atoms with E-state index in [2.05, 4.69) is 20.7 Å². The number of amides is 1. The number of aryl methyl sites for hydroxylation is 1. The van der Waals surface area contributed by atoms with Crippen molar-refractivity contribution in [2.24, 2.45) is 5.73 Å². The number of hydrogen-bond donors (Lipinski definition) is 2. The number of nitrogens with two attached hydrogens (primary N) is 1. The lowest BCUT2D eigenvalue weighted by molar-refractivity contribution is -0.126. The van der Waals surface area contributed by atoms with E-state index in [1.165, 1.54) is 0 Å². The highest BCUT2D eigenvalue weighted by atomic mass is 35.5. The van der Waals surface area contributed by atoms with Crippen molar-refractivity contribution >= 4 is 42.1 Å². The molecular weight excluding hydrogens is 415 g/mol. The molecule has 3 aromatic rings. The monoisotopic (exact) mass is 438 g/mol. The van der Waals surface area contributed by atoms with Gasteiger partial charge in [-0.2, -0.15) is 0 Å². The molecule has 3 rings (SSSR count). The van der Waals surface area contributed by atoms with Gasteiger partial charge >= 0.3 is 0 Å². The molecule has 5 nitrogen and oxygen atoms in total. The fraction of sp³-hybridized carbons (Fsp3) is 0.250. The second-order valence-electron chi connectivity index (χ2n) is 6.29. The summed E-state index contributed by atoms with van der Waals surface area (Å²) in [7, 11) is 0. The number of thiazole rings is 1. The first kappa shape index (κ1) is 24.0. The number of rotatable bonds is 7. The van der Waals surface area contributed by atoms with Crippen LogP contribution in [0.2, 0.25) is 0 Å². The number of benzene rings is 1. The second kappa shape index (κ2) is 11.1. The van der Waals surface area contributed by atoms with E-state index in [0.29, 0.717) is 6.54 Å². The van der Waals surface area contributed by atoms with Gasteiger partial charge in [0, 0.05) is 36.3 Å². The summed E-state index contributed by atoms with van der Waals surface area (Å²) >= 11 is 1.64. The predicted octanol–water partition coefficient (Wildman–Crippen LogP) is 3.97. The van der Waals surface area contributed by atoms with Gasteiger partial charge in [0.1, 0.15) is 5.54 Å². The summed E-state index contributed by atoms with van der Waals surface area (Å²) in [5.41, 5.74) is 8.02. The van der Waals surface area contributed by atoms with Gasteiger partial charge in [0.15, 0.2) is 0 Å². The molecule has 28 heavy (non-hydrogen) atoms. The highest BCUT2D eigenvalue weighted by Crippen LogP contribution is 2.22. The fourth-order valence-corrected chi connectivity index (χ4v) is 3.47. The summed E-state index contributed by atoms with van der Waals surface area (Å²) in [5, 5.41) is 6.05. The van der Waals surface area contributed by atoms with Gasteiger partial charge in [-0.25, -0.2) is 4.98 Å². The van der Waals surface area contributed by atoms with Crippen molar-refractivity contribution < 1.29 is 4.79 Å². The average Bonchev–Trinajstić information content (AvgIpc) is 3.15. The Bertz CT molecular complexity index is 857. The normalized spacial score (nSPS) is 12.2. The zero-order valence-electron chi connectivity index (χ0n) is 15.5. The molecule has 0 saturated carbocycles. The van der Waals surface area contributed by atoms with Gasteiger partial charge in [0.25, 0.3) is 0 Å². The summed E-state index contributed by atoms with van der Waals surface area (Å²) in [6.45, 7) is 2.31. The molecule has 0 aliphatic heterocycles. The van der Waals surface area contributed by atoms with E-state index in [9.17, 15) is 4.79 Å². The molecule has 2 heterocycles. The summed E-state index contributed by atoms with van der Waals surface area (Å²) in [4.78, 5) is 21.1. The maximum Gasteiger partial charge on any atom is 0.244 e. The van der Waals surface area contributed by atoms with Crippen molar-refractivity contribution in [3.05, 3.63) is 70.8 Å². The van der Waals surface area contributed by atoms with Gasteiger partial charge in [-0.15, -0.1) is 36.2 Å². The van der Waals surface area contributed by atoms with Crippen LogP contribution in [-0.2, 0) is 16.8 Å². The van der Waals surface area contributed by atoms with Crippen molar-refractivity contribution in [2.45, 2.75) is 25.3 Å². The minimum atomic E-state index is -1.03. The van der Waals surface area contributed by atoms with Crippen LogP contribution in [0, 0.1) is 0 Å². The van der Waals surface area contributed by atoms with Crippen LogP contribution in [0.3, 0.4) is 0 Å². The first-order valence-corrected chi connectivity index (χ1v) is 9.43. The number of hydrogen-bond acceptors (Lipinski definition) is 5. The Balaban J connectivity index is 0.00000196. The summed E-state index contributed by atoms with van der Waals surface area (Å²) in [6.07, 6.45) is 5.17. The molecule has 8 heteroatoms. The molecule has 0 saturated heterocycles. The largest absolute Gasteiger partial charge is 0.354 e. The van der Waals surface area contributed by atoms with Gasteiger partial charge < -0.3 is 11.1 Å². The zero-order chi connectivity index (χ0) is 18.4. The van der Waals surface area contributed by atoms with Crippen LogP contribution in [0.1, 0.15) is 23.9 Å². The van der Waals surface area contributed by atoms with E-state index in [4.69, 9.17) is 5.73 Å². The zero-order valence-corrected chi connectivity index (χ0v) is 17.9. The average molecular weight is 439 g/mol. The van der Waals surface area contributed by atoms with Crippen molar-refractivity contribution in [1.82, 2.24) is 15.3 Å². The Kier molecular flexibility index (Phi) is 9.55. The maximum atomic E-state index is 12.4. The third kappa shape index (κ3) is 6.01. The highest BCUT2D eigenvalue weighted by Gasteiger charge is 2.29. The van der Waals surface area contributed by atoms with Crippen molar-refractivity contribution in [1.29, 1.82) is 0 Å². The first-order chi connectivity index (χ1) is 12.6. The molecule has 1 atom stereocenters. The van der Waals surface area contributed by atoms with Crippen LogP contribution in [0.5, 0.6) is 0 Å². The van der Waals surface area contributed by atoms with E-state index >= 15 is 0 Å². The highest BCUT2D eigenvalue weighted by molar-refractivity contribution is 7.09. The Morgan fingerprint density at radius 3 is 2.50 bits per heavy atom. The summed E-state index contributed by atoms with van der Waals surface area (Å²) in [5.74, 6) is -0.166.